The second kappa shape index (κ2) is 7.33. The van der Waals surface area contributed by atoms with Crippen LogP contribution in [0.5, 0.6) is 0 Å². The van der Waals surface area contributed by atoms with Gasteiger partial charge in [0.05, 0.1) is 5.69 Å². The number of nitrogens with two attached hydrogens (primary N) is 1. The first-order valence-corrected chi connectivity index (χ1v) is 6.18. The maximum absolute atomic E-state index is 11.2. The summed E-state index contributed by atoms with van der Waals surface area (Å²) in [5, 5.41) is 2.27. The van der Waals surface area contributed by atoms with Gasteiger partial charge in [-0.3, -0.25) is 10.2 Å². The average molecular weight is 258 g/mol. The highest BCUT2D eigenvalue weighted by Crippen LogP contribution is 2.11. The normalized spacial score (nSPS) is 10.8. The Kier molecular flexibility index (Phi) is 6.06. The van der Waals surface area contributed by atoms with Gasteiger partial charge in [0.15, 0.2) is 5.01 Å². The van der Waals surface area contributed by atoms with Crippen molar-refractivity contribution in [3.63, 3.8) is 0 Å². The van der Waals surface area contributed by atoms with Gasteiger partial charge in [-0.25, -0.2) is 10.8 Å². The van der Waals surface area contributed by atoms with Crippen LogP contribution in [0.4, 0.5) is 0 Å². The summed E-state index contributed by atoms with van der Waals surface area (Å²) in [4.78, 5) is 17.5. The number of thiazole rings is 1. The first kappa shape index (κ1) is 14.0. The van der Waals surface area contributed by atoms with Crippen molar-refractivity contribution in [3.8, 4) is 0 Å². The summed E-state index contributed by atoms with van der Waals surface area (Å²) in [6.07, 6.45) is 0.979. The number of hydrogen-bond donors (Lipinski definition) is 2. The summed E-state index contributed by atoms with van der Waals surface area (Å²) in [5.74, 6) is 4.69. The SMILES string of the molecule is COCCCN(C)Cc1csc(C(=O)NN)n1. The van der Waals surface area contributed by atoms with Crippen LogP contribution in [0.15, 0.2) is 5.38 Å². The van der Waals surface area contributed by atoms with Crippen molar-refractivity contribution < 1.29 is 9.53 Å². The molecule has 0 spiro atoms. The first-order valence-electron chi connectivity index (χ1n) is 5.30. The number of methoxy groups -OCH3 is 1. The number of rotatable bonds is 7. The molecule has 0 saturated heterocycles. The molecule has 0 bridgehead atoms. The van der Waals surface area contributed by atoms with Crippen molar-refractivity contribution in [1.29, 1.82) is 0 Å². The van der Waals surface area contributed by atoms with Crippen molar-refractivity contribution in [2.45, 2.75) is 13.0 Å². The topological polar surface area (TPSA) is 80.5 Å². The van der Waals surface area contributed by atoms with Gasteiger partial charge in [0.2, 0.25) is 0 Å². The standard InChI is InChI=1S/C10H18N4O2S/c1-14(4-3-5-16-2)6-8-7-17-10(12-8)9(15)13-11/h7H,3-6,11H2,1-2H3,(H,13,15). The minimum atomic E-state index is -0.344. The zero-order valence-corrected chi connectivity index (χ0v) is 10.9. The Balaban J connectivity index is 2.40. The Morgan fingerprint density at radius 2 is 2.47 bits per heavy atom. The number of nitrogens with one attached hydrogen (secondary N) is 1. The van der Waals surface area contributed by atoms with E-state index in [0.717, 1.165) is 31.8 Å². The van der Waals surface area contributed by atoms with Crippen LogP contribution in [0, 0.1) is 0 Å². The third-order valence-corrected chi connectivity index (χ3v) is 3.09. The monoisotopic (exact) mass is 258 g/mol. The fourth-order valence-electron chi connectivity index (χ4n) is 1.38. The maximum atomic E-state index is 11.2. The Bertz CT molecular complexity index is 356. The first-order chi connectivity index (χ1) is 8.17. The summed E-state index contributed by atoms with van der Waals surface area (Å²) in [6.45, 7) is 2.41. The summed E-state index contributed by atoms with van der Waals surface area (Å²) in [5.41, 5.74) is 2.95. The van der Waals surface area contributed by atoms with E-state index >= 15 is 0 Å². The van der Waals surface area contributed by atoms with E-state index in [-0.39, 0.29) is 5.91 Å². The molecule has 0 unspecified atom stereocenters. The van der Waals surface area contributed by atoms with Crippen molar-refractivity contribution in [1.82, 2.24) is 15.3 Å². The lowest BCUT2D eigenvalue weighted by molar-refractivity contribution is 0.0953. The summed E-state index contributed by atoms with van der Waals surface area (Å²) in [7, 11) is 3.70. The number of hydrogen-bond acceptors (Lipinski definition) is 6. The number of carbonyl (C=O) groups excluding carboxylic acids is 1. The number of carbonyl (C=O) groups is 1. The Morgan fingerprint density at radius 3 is 3.12 bits per heavy atom. The van der Waals surface area contributed by atoms with Crippen LogP contribution >= 0.6 is 11.3 Å². The zero-order valence-electron chi connectivity index (χ0n) is 10.1. The van der Waals surface area contributed by atoms with Crippen molar-refractivity contribution >= 4 is 17.2 Å². The molecule has 0 aliphatic rings. The average Bonchev–Trinajstić information content (AvgIpc) is 2.77. The molecule has 1 heterocycles. The zero-order chi connectivity index (χ0) is 12.7. The van der Waals surface area contributed by atoms with Gasteiger partial charge in [-0.15, -0.1) is 11.3 Å². The van der Waals surface area contributed by atoms with Crippen LogP contribution in [-0.2, 0) is 11.3 Å². The smallest absolute Gasteiger partial charge is 0.294 e. The van der Waals surface area contributed by atoms with E-state index in [0.29, 0.717) is 5.01 Å². The molecule has 17 heavy (non-hydrogen) atoms. The number of nitrogen functional groups attached to an aromatic ring is 1. The molecular weight excluding hydrogens is 240 g/mol. The molecule has 0 aliphatic heterocycles. The van der Waals surface area contributed by atoms with Crippen molar-refractivity contribution in [2.75, 3.05) is 27.3 Å². The second-order valence-electron chi connectivity index (χ2n) is 3.70. The minimum Gasteiger partial charge on any atom is -0.385 e. The van der Waals surface area contributed by atoms with Gasteiger partial charge in [0, 0.05) is 32.2 Å². The highest BCUT2D eigenvalue weighted by molar-refractivity contribution is 7.11. The molecular formula is C10H18N4O2S. The molecule has 0 saturated carbocycles. The third kappa shape index (κ3) is 4.78. The van der Waals surface area contributed by atoms with Crippen molar-refractivity contribution in [3.05, 3.63) is 16.1 Å². The predicted molar refractivity (Wildman–Crippen MR) is 66.6 cm³/mol. The van der Waals surface area contributed by atoms with Gasteiger partial charge >= 0.3 is 0 Å². The maximum Gasteiger partial charge on any atom is 0.294 e. The number of amides is 1. The number of ether oxygens (including phenoxy) is 1. The molecule has 1 rings (SSSR count). The Labute approximate surface area is 105 Å². The quantitative estimate of drug-likeness (QED) is 0.316. The largest absolute Gasteiger partial charge is 0.385 e. The van der Waals surface area contributed by atoms with Crippen LogP contribution in [0.1, 0.15) is 21.9 Å². The number of aromatic nitrogens is 1. The number of nitrogens with zero attached hydrogens (tertiary/aromatic N) is 2. The lowest BCUT2D eigenvalue weighted by atomic mass is 10.4. The Morgan fingerprint density at radius 1 is 1.71 bits per heavy atom. The molecule has 1 aromatic rings. The van der Waals surface area contributed by atoms with E-state index in [1.807, 2.05) is 12.4 Å². The van der Waals surface area contributed by atoms with Gasteiger partial charge in [-0.1, -0.05) is 0 Å². The van der Waals surface area contributed by atoms with E-state index in [9.17, 15) is 4.79 Å². The van der Waals surface area contributed by atoms with E-state index in [2.05, 4.69) is 15.3 Å². The van der Waals surface area contributed by atoms with Crippen LogP contribution in [0.25, 0.3) is 0 Å². The fourth-order valence-corrected chi connectivity index (χ4v) is 2.09. The van der Waals surface area contributed by atoms with Gasteiger partial charge in [0.25, 0.3) is 5.91 Å². The third-order valence-electron chi connectivity index (χ3n) is 2.20. The van der Waals surface area contributed by atoms with E-state index < -0.39 is 0 Å². The molecule has 0 atom stereocenters. The molecule has 96 valence electrons. The van der Waals surface area contributed by atoms with E-state index in [4.69, 9.17) is 10.6 Å². The van der Waals surface area contributed by atoms with Crippen LogP contribution in [0.3, 0.4) is 0 Å². The second-order valence-corrected chi connectivity index (χ2v) is 4.56. The summed E-state index contributed by atoms with van der Waals surface area (Å²) in [6, 6.07) is 0. The molecule has 0 fully saturated rings. The highest BCUT2D eigenvalue weighted by atomic mass is 32.1. The van der Waals surface area contributed by atoms with Crippen molar-refractivity contribution in [2.24, 2.45) is 5.84 Å². The highest BCUT2D eigenvalue weighted by Gasteiger charge is 2.10. The van der Waals surface area contributed by atoms with Gasteiger partial charge in [-0.05, 0) is 13.5 Å². The molecule has 1 amide bonds. The van der Waals surface area contributed by atoms with Gasteiger partial charge < -0.3 is 9.64 Å². The molecule has 7 heteroatoms. The van der Waals surface area contributed by atoms with E-state index in [1.54, 1.807) is 7.11 Å². The predicted octanol–water partition coefficient (Wildman–Crippen LogP) is 0.215. The van der Waals surface area contributed by atoms with E-state index in [1.165, 1.54) is 11.3 Å². The molecule has 1 aromatic heterocycles. The fraction of sp³-hybridized carbons (Fsp3) is 0.600. The molecule has 0 aliphatic carbocycles. The summed E-state index contributed by atoms with van der Waals surface area (Å²) < 4.78 is 4.99. The van der Waals surface area contributed by atoms with Crippen LogP contribution < -0.4 is 11.3 Å². The van der Waals surface area contributed by atoms with Gasteiger partial charge in [0.1, 0.15) is 0 Å². The Hall–Kier alpha value is -1.02. The lowest BCUT2D eigenvalue weighted by Gasteiger charge is -2.14. The molecule has 0 radical (unpaired) electrons. The molecule has 0 aromatic carbocycles. The lowest BCUT2D eigenvalue weighted by Crippen LogP contribution is -2.30. The summed E-state index contributed by atoms with van der Waals surface area (Å²) >= 11 is 1.30. The minimum absolute atomic E-state index is 0.344. The van der Waals surface area contributed by atoms with Crippen LogP contribution in [0.2, 0.25) is 0 Å². The molecule has 3 N–H and O–H groups in total. The van der Waals surface area contributed by atoms with Gasteiger partial charge in [-0.2, -0.15) is 0 Å². The molecule has 6 nitrogen and oxygen atoms in total. The van der Waals surface area contributed by atoms with Crippen LogP contribution in [-0.4, -0.2) is 43.1 Å². The number of hydrazine groups is 1.